The maximum Gasteiger partial charge on any atom is 0.396 e. The summed E-state index contributed by atoms with van der Waals surface area (Å²) in [5.74, 6) is -0.463. The SMILES string of the molecule is COc1cc2c(Nc3ccc(Br)c(Cl)c3)ncnc2cc1O[C@@H]1CO[C@H]2[C@@H]1OC[C@@H]2C(F)(F)F. The largest absolute Gasteiger partial charge is 0.493 e. The number of anilines is 2. The van der Waals surface area contributed by atoms with Gasteiger partial charge in [0, 0.05) is 21.6 Å². The molecule has 2 saturated heterocycles. The third kappa shape index (κ3) is 4.37. The number of ether oxygens (including phenoxy) is 4. The first-order valence-corrected chi connectivity index (χ1v) is 11.4. The zero-order valence-electron chi connectivity index (χ0n) is 17.6. The Balaban J connectivity index is 1.42. The van der Waals surface area contributed by atoms with Crippen LogP contribution in [0.25, 0.3) is 10.9 Å². The third-order valence-electron chi connectivity index (χ3n) is 5.81. The van der Waals surface area contributed by atoms with Gasteiger partial charge in [-0.15, -0.1) is 0 Å². The van der Waals surface area contributed by atoms with Gasteiger partial charge in [-0.05, 0) is 40.2 Å². The van der Waals surface area contributed by atoms with Crippen molar-refractivity contribution in [2.45, 2.75) is 24.5 Å². The predicted molar refractivity (Wildman–Crippen MR) is 122 cm³/mol. The van der Waals surface area contributed by atoms with E-state index in [0.717, 1.165) is 10.2 Å². The molecule has 0 radical (unpaired) electrons. The Kier molecular flexibility index (Phi) is 6.21. The maximum atomic E-state index is 13.2. The molecule has 180 valence electrons. The van der Waals surface area contributed by atoms with Crippen molar-refractivity contribution in [3.05, 3.63) is 46.2 Å². The van der Waals surface area contributed by atoms with E-state index in [9.17, 15) is 13.2 Å². The normalized spacial score (nSPS) is 24.3. The Labute approximate surface area is 205 Å². The van der Waals surface area contributed by atoms with Crippen molar-refractivity contribution in [3.63, 3.8) is 0 Å². The minimum atomic E-state index is -4.39. The summed E-state index contributed by atoms with van der Waals surface area (Å²) >= 11 is 9.54. The molecule has 2 aromatic carbocycles. The molecule has 2 fully saturated rings. The van der Waals surface area contributed by atoms with Gasteiger partial charge in [-0.3, -0.25) is 0 Å². The summed E-state index contributed by atoms with van der Waals surface area (Å²) in [5, 5.41) is 4.40. The van der Waals surface area contributed by atoms with Gasteiger partial charge >= 0.3 is 6.18 Å². The Morgan fingerprint density at radius 3 is 2.62 bits per heavy atom. The van der Waals surface area contributed by atoms with E-state index >= 15 is 0 Å². The first-order valence-electron chi connectivity index (χ1n) is 10.3. The lowest BCUT2D eigenvalue weighted by Crippen LogP contribution is -2.37. The predicted octanol–water partition coefficient (Wildman–Crippen LogP) is 5.52. The molecule has 4 atom stereocenters. The number of fused-ring (bicyclic) bond motifs is 2. The van der Waals surface area contributed by atoms with E-state index in [2.05, 4.69) is 31.2 Å². The molecule has 3 aromatic rings. The standard InChI is InChI=1S/C22H18BrClF3N3O4/c1-31-16-5-11-15(28-9-29-21(11)30-10-2-3-13(23)14(24)4-10)6-17(16)34-18-8-33-19-12(22(25,26)27)7-32-20(18)19/h2-6,9,12,18-20H,7-8H2,1H3,(H,28,29,30)/t12-,18+,19+,20+/m0/s1. The first-order chi connectivity index (χ1) is 16.2. The van der Waals surface area contributed by atoms with Crippen molar-refractivity contribution < 1.29 is 32.1 Å². The molecule has 2 aliphatic heterocycles. The Bertz CT molecular complexity index is 1230. The van der Waals surface area contributed by atoms with E-state index < -0.39 is 37.0 Å². The molecular weight excluding hydrogens is 543 g/mol. The van der Waals surface area contributed by atoms with E-state index in [4.69, 9.17) is 30.5 Å². The molecule has 34 heavy (non-hydrogen) atoms. The van der Waals surface area contributed by atoms with Gasteiger partial charge < -0.3 is 24.3 Å². The summed E-state index contributed by atoms with van der Waals surface area (Å²) in [6.07, 6.45) is -5.63. The van der Waals surface area contributed by atoms with E-state index in [1.807, 2.05) is 12.1 Å². The van der Waals surface area contributed by atoms with Crippen molar-refractivity contribution in [2.24, 2.45) is 5.92 Å². The van der Waals surface area contributed by atoms with Crippen LogP contribution in [0.3, 0.4) is 0 Å². The number of nitrogens with zero attached hydrogens (tertiary/aromatic N) is 2. The average Bonchev–Trinajstić information content (AvgIpc) is 3.39. The van der Waals surface area contributed by atoms with Gasteiger partial charge in [-0.25, -0.2) is 9.97 Å². The highest BCUT2D eigenvalue weighted by molar-refractivity contribution is 9.10. The van der Waals surface area contributed by atoms with Gasteiger partial charge in [0.2, 0.25) is 0 Å². The number of hydrogen-bond acceptors (Lipinski definition) is 7. The number of benzene rings is 2. The fourth-order valence-corrected chi connectivity index (χ4v) is 4.56. The lowest BCUT2D eigenvalue weighted by Gasteiger charge is -2.20. The first kappa shape index (κ1) is 23.4. The van der Waals surface area contributed by atoms with Gasteiger partial charge in [0.15, 0.2) is 17.6 Å². The zero-order chi connectivity index (χ0) is 24.0. The van der Waals surface area contributed by atoms with E-state index in [-0.39, 0.29) is 6.61 Å². The van der Waals surface area contributed by atoms with Crippen molar-refractivity contribution in [2.75, 3.05) is 25.6 Å². The molecule has 0 saturated carbocycles. The van der Waals surface area contributed by atoms with Crippen LogP contribution in [0.5, 0.6) is 11.5 Å². The fourth-order valence-electron chi connectivity index (χ4n) is 4.13. The molecule has 0 aliphatic carbocycles. The quantitative estimate of drug-likeness (QED) is 0.440. The van der Waals surface area contributed by atoms with Crippen LogP contribution < -0.4 is 14.8 Å². The maximum absolute atomic E-state index is 13.2. The molecule has 1 aromatic heterocycles. The van der Waals surface area contributed by atoms with Crippen molar-refractivity contribution in [1.82, 2.24) is 9.97 Å². The van der Waals surface area contributed by atoms with Crippen LogP contribution in [0.4, 0.5) is 24.7 Å². The van der Waals surface area contributed by atoms with Crippen LogP contribution in [-0.4, -0.2) is 54.8 Å². The molecule has 12 heteroatoms. The van der Waals surface area contributed by atoms with Crippen LogP contribution in [-0.2, 0) is 9.47 Å². The minimum absolute atomic E-state index is 0.0238. The highest BCUT2D eigenvalue weighted by atomic mass is 79.9. The molecular formula is C22H18BrClF3N3O4. The minimum Gasteiger partial charge on any atom is -0.493 e. The number of rotatable bonds is 5. The lowest BCUT2D eigenvalue weighted by molar-refractivity contribution is -0.194. The lowest BCUT2D eigenvalue weighted by atomic mass is 10.0. The third-order valence-corrected chi connectivity index (χ3v) is 7.04. The number of aromatic nitrogens is 2. The van der Waals surface area contributed by atoms with Gasteiger partial charge in [0.1, 0.15) is 30.3 Å². The summed E-state index contributed by atoms with van der Waals surface area (Å²) < 4.78 is 62.8. The fraction of sp³-hybridized carbons (Fsp3) is 0.364. The van der Waals surface area contributed by atoms with Crippen molar-refractivity contribution in [3.8, 4) is 11.5 Å². The number of methoxy groups -OCH3 is 1. The van der Waals surface area contributed by atoms with Gasteiger partial charge in [-0.1, -0.05) is 11.6 Å². The molecule has 0 bridgehead atoms. The van der Waals surface area contributed by atoms with E-state index in [1.54, 1.807) is 18.2 Å². The average molecular weight is 561 g/mol. The van der Waals surface area contributed by atoms with Gasteiger partial charge in [0.25, 0.3) is 0 Å². The summed E-state index contributed by atoms with van der Waals surface area (Å²) in [6, 6.07) is 8.76. The monoisotopic (exact) mass is 559 g/mol. The van der Waals surface area contributed by atoms with Crippen LogP contribution in [0.15, 0.2) is 41.1 Å². The van der Waals surface area contributed by atoms with E-state index in [1.165, 1.54) is 13.4 Å². The van der Waals surface area contributed by atoms with Crippen molar-refractivity contribution >= 4 is 49.9 Å². The Hall–Kier alpha value is -2.34. The summed E-state index contributed by atoms with van der Waals surface area (Å²) in [5.41, 5.74) is 1.27. The van der Waals surface area contributed by atoms with Gasteiger partial charge in [0.05, 0.1) is 30.9 Å². The molecule has 7 nitrogen and oxygen atoms in total. The zero-order valence-corrected chi connectivity index (χ0v) is 19.9. The number of halogens is 5. The summed E-state index contributed by atoms with van der Waals surface area (Å²) in [6.45, 7) is -0.472. The number of nitrogens with one attached hydrogen (secondary N) is 1. The van der Waals surface area contributed by atoms with Crippen molar-refractivity contribution in [1.29, 1.82) is 0 Å². The number of alkyl halides is 3. The van der Waals surface area contributed by atoms with Crippen LogP contribution in [0, 0.1) is 5.92 Å². The van der Waals surface area contributed by atoms with Crippen LogP contribution in [0.2, 0.25) is 5.02 Å². The molecule has 2 aliphatic rings. The van der Waals surface area contributed by atoms with Gasteiger partial charge in [-0.2, -0.15) is 13.2 Å². The molecule has 0 amide bonds. The highest BCUT2D eigenvalue weighted by Gasteiger charge is 2.58. The Morgan fingerprint density at radius 1 is 1.09 bits per heavy atom. The van der Waals surface area contributed by atoms with Crippen LogP contribution in [0.1, 0.15) is 0 Å². The summed E-state index contributed by atoms with van der Waals surface area (Å²) in [4.78, 5) is 8.62. The second-order valence-electron chi connectivity index (χ2n) is 7.90. The van der Waals surface area contributed by atoms with E-state index in [0.29, 0.717) is 33.2 Å². The summed E-state index contributed by atoms with van der Waals surface area (Å²) in [7, 11) is 1.47. The topological polar surface area (TPSA) is 74.7 Å². The molecule has 0 spiro atoms. The molecule has 5 rings (SSSR count). The smallest absolute Gasteiger partial charge is 0.396 e. The second-order valence-corrected chi connectivity index (χ2v) is 9.16. The Morgan fingerprint density at radius 2 is 1.88 bits per heavy atom. The molecule has 0 unspecified atom stereocenters. The number of hydrogen-bond donors (Lipinski definition) is 1. The highest BCUT2D eigenvalue weighted by Crippen LogP contribution is 2.43. The molecule has 1 N–H and O–H groups in total. The molecule has 3 heterocycles. The van der Waals surface area contributed by atoms with Crippen LogP contribution >= 0.6 is 27.5 Å². The second kappa shape index (κ2) is 9.03.